The lowest BCUT2D eigenvalue weighted by molar-refractivity contribution is -0.112. The summed E-state index contributed by atoms with van der Waals surface area (Å²) in [4.78, 5) is 12.6. The van der Waals surface area contributed by atoms with Crippen molar-refractivity contribution in [3.05, 3.63) is 69.4 Å². The summed E-state index contributed by atoms with van der Waals surface area (Å²) in [6, 6.07) is 14.3. The summed E-state index contributed by atoms with van der Waals surface area (Å²) < 4.78 is 5.80. The van der Waals surface area contributed by atoms with Crippen molar-refractivity contribution in [3.8, 4) is 6.07 Å². The minimum atomic E-state index is -0.588. The highest BCUT2D eigenvalue weighted by atomic mass is 35.5. The van der Waals surface area contributed by atoms with E-state index >= 15 is 0 Å². The Balaban J connectivity index is 2.02. The standard InChI is InChI=1S/C20H14Cl2N2O2/c1-2-17-14(13-6-3-4-9-18(13)26-17)10-12(11-23)20(25)24-19-15(21)7-5-8-16(19)22/h3-10H,2H2,1H3,(H,24,25)/b12-10+. The average Bonchev–Trinajstić information content (AvgIpc) is 3.00. The average molecular weight is 385 g/mol. The number of hydrogen-bond acceptors (Lipinski definition) is 3. The van der Waals surface area contributed by atoms with E-state index < -0.39 is 5.91 Å². The van der Waals surface area contributed by atoms with Crippen molar-refractivity contribution in [3.63, 3.8) is 0 Å². The Morgan fingerprint density at radius 2 is 1.88 bits per heavy atom. The molecule has 0 bridgehead atoms. The minimum absolute atomic E-state index is 0.0674. The van der Waals surface area contributed by atoms with E-state index in [-0.39, 0.29) is 11.3 Å². The summed E-state index contributed by atoms with van der Waals surface area (Å²) in [7, 11) is 0. The van der Waals surface area contributed by atoms with Crippen LogP contribution in [0.5, 0.6) is 0 Å². The molecule has 1 amide bonds. The second-order valence-electron chi connectivity index (χ2n) is 5.51. The predicted octanol–water partition coefficient (Wildman–Crippen LogP) is 5.85. The Labute approximate surface area is 160 Å². The lowest BCUT2D eigenvalue weighted by atomic mass is 10.1. The molecule has 3 aromatic rings. The van der Waals surface area contributed by atoms with Crippen LogP contribution >= 0.6 is 23.2 Å². The zero-order valence-corrected chi connectivity index (χ0v) is 15.4. The minimum Gasteiger partial charge on any atom is -0.460 e. The summed E-state index contributed by atoms with van der Waals surface area (Å²) in [6.45, 7) is 1.95. The van der Waals surface area contributed by atoms with E-state index in [4.69, 9.17) is 27.6 Å². The summed E-state index contributed by atoms with van der Waals surface area (Å²) in [5.41, 5.74) is 1.64. The van der Waals surface area contributed by atoms with Crippen LogP contribution in [0.2, 0.25) is 10.0 Å². The smallest absolute Gasteiger partial charge is 0.266 e. The predicted molar refractivity (Wildman–Crippen MR) is 104 cm³/mol. The molecular weight excluding hydrogens is 371 g/mol. The maximum atomic E-state index is 12.6. The fourth-order valence-electron chi connectivity index (χ4n) is 2.63. The molecule has 0 aliphatic carbocycles. The van der Waals surface area contributed by atoms with Gasteiger partial charge in [-0.25, -0.2) is 0 Å². The molecule has 0 fully saturated rings. The normalized spacial score (nSPS) is 11.4. The van der Waals surface area contributed by atoms with Crippen molar-refractivity contribution in [2.24, 2.45) is 0 Å². The van der Waals surface area contributed by atoms with Crippen molar-refractivity contribution in [1.29, 1.82) is 5.26 Å². The first-order valence-corrected chi connectivity index (χ1v) is 8.68. The number of benzene rings is 2. The number of anilines is 1. The van der Waals surface area contributed by atoms with Crippen LogP contribution in [0.4, 0.5) is 5.69 Å². The van der Waals surface area contributed by atoms with Gasteiger partial charge in [-0.2, -0.15) is 5.26 Å². The number of carbonyl (C=O) groups is 1. The molecule has 1 heterocycles. The van der Waals surface area contributed by atoms with E-state index in [1.807, 2.05) is 37.3 Å². The topological polar surface area (TPSA) is 66.0 Å². The number of nitriles is 1. The van der Waals surface area contributed by atoms with E-state index in [0.29, 0.717) is 27.8 Å². The molecular formula is C20H14Cl2N2O2. The molecule has 0 unspecified atom stereocenters. The van der Waals surface area contributed by atoms with Crippen molar-refractivity contribution < 1.29 is 9.21 Å². The molecule has 0 saturated heterocycles. The van der Waals surface area contributed by atoms with Crippen LogP contribution in [0.3, 0.4) is 0 Å². The molecule has 1 aromatic heterocycles. The number of rotatable bonds is 4. The van der Waals surface area contributed by atoms with Crippen molar-refractivity contribution in [2.45, 2.75) is 13.3 Å². The molecule has 2 aromatic carbocycles. The van der Waals surface area contributed by atoms with Crippen LogP contribution in [0.1, 0.15) is 18.2 Å². The van der Waals surface area contributed by atoms with Gasteiger partial charge in [0, 0.05) is 17.4 Å². The van der Waals surface area contributed by atoms with Gasteiger partial charge in [-0.05, 0) is 24.3 Å². The lowest BCUT2D eigenvalue weighted by Crippen LogP contribution is -2.14. The molecule has 26 heavy (non-hydrogen) atoms. The number of amides is 1. The number of fused-ring (bicyclic) bond motifs is 1. The Kier molecular flexibility index (Phi) is 5.32. The monoisotopic (exact) mass is 384 g/mol. The van der Waals surface area contributed by atoms with Crippen molar-refractivity contribution in [2.75, 3.05) is 5.32 Å². The Bertz CT molecular complexity index is 1040. The van der Waals surface area contributed by atoms with Crippen molar-refractivity contribution >= 4 is 51.8 Å². The highest BCUT2D eigenvalue weighted by Crippen LogP contribution is 2.31. The molecule has 130 valence electrons. The number of hydrogen-bond donors (Lipinski definition) is 1. The molecule has 0 radical (unpaired) electrons. The number of aryl methyl sites for hydroxylation is 1. The molecule has 0 spiro atoms. The number of halogens is 2. The SMILES string of the molecule is CCc1oc2ccccc2c1/C=C(\C#N)C(=O)Nc1c(Cl)cccc1Cl. The quantitative estimate of drug-likeness (QED) is 0.453. The molecule has 0 aliphatic rings. The first-order chi connectivity index (χ1) is 12.5. The zero-order valence-electron chi connectivity index (χ0n) is 13.8. The Morgan fingerprint density at radius 3 is 2.54 bits per heavy atom. The van der Waals surface area contributed by atoms with Crippen molar-refractivity contribution in [1.82, 2.24) is 0 Å². The second kappa shape index (κ2) is 7.65. The number of nitrogens with one attached hydrogen (secondary N) is 1. The maximum absolute atomic E-state index is 12.6. The van der Waals surface area contributed by atoms with Crippen LogP contribution in [0, 0.1) is 11.3 Å². The first kappa shape index (κ1) is 18.1. The lowest BCUT2D eigenvalue weighted by Gasteiger charge is -2.08. The first-order valence-electron chi connectivity index (χ1n) is 7.92. The molecule has 1 N–H and O–H groups in total. The summed E-state index contributed by atoms with van der Waals surface area (Å²) in [5, 5.41) is 13.5. The van der Waals surface area contributed by atoms with Gasteiger partial charge in [0.2, 0.25) is 0 Å². The Morgan fingerprint density at radius 1 is 1.19 bits per heavy atom. The number of para-hydroxylation sites is 2. The van der Waals surface area contributed by atoms with Gasteiger partial charge in [-0.15, -0.1) is 0 Å². The zero-order chi connectivity index (χ0) is 18.7. The van der Waals surface area contributed by atoms with Gasteiger partial charge >= 0.3 is 0 Å². The summed E-state index contributed by atoms with van der Waals surface area (Å²) in [6.07, 6.45) is 2.17. The van der Waals surface area contributed by atoms with E-state index in [1.54, 1.807) is 18.2 Å². The third kappa shape index (κ3) is 3.45. The second-order valence-corrected chi connectivity index (χ2v) is 6.32. The van der Waals surface area contributed by atoms with Gasteiger partial charge < -0.3 is 9.73 Å². The van der Waals surface area contributed by atoms with Crippen LogP contribution in [-0.4, -0.2) is 5.91 Å². The van der Waals surface area contributed by atoms with Crippen LogP contribution < -0.4 is 5.32 Å². The largest absolute Gasteiger partial charge is 0.460 e. The summed E-state index contributed by atoms with van der Waals surface area (Å²) >= 11 is 12.1. The fraction of sp³-hybridized carbons (Fsp3) is 0.100. The molecule has 6 heteroatoms. The van der Waals surface area contributed by atoms with E-state index in [0.717, 1.165) is 10.9 Å². The Hall–Kier alpha value is -2.74. The van der Waals surface area contributed by atoms with Gasteiger partial charge in [0.05, 0.1) is 15.7 Å². The molecule has 0 atom stereocenters. The molecule has 4 nitrogen and oxygen atoms in total. The van der Waals surface area contributed by atoms with E-state index in [9.17, 15) is 10.1 Å². The maximum Gasteiger partial charge on any atom is 0.266 e. The van der Waals surface area contributed by atoms with Gasteiger partial charge in [0.15, 0.2) is 0 Å². The number of furan rings is 1. The number of carbonyl (C=O) groups excluding carboxylic acids is 1. The highest BCUT2D eigenvalue weighted by Gasteiger charge is 2.17. The molecule has 0 saturated carbocycles. The van der Waals surface area contributed by atoms with Gasteiger partial charge in [-0.1, -0.05) is 54.4 Å². The van der Waals surface area contributed by atoms with E-state index in [2.05, 4.69) is 5.32 Å². The third-order valence-corrected chi connectivity index (χ3v) is 4.52. The van der Waals surface area contributed by atoms with Gasteiger partial charge in [0.1, 0.15) is 23.0 Å². The van der Waals surface area contributed by atoms with Gasteiger partial charge in [-0.3, -0.25) is 4.79 Å². The van der Waals surface area contributed by atoms with E-state index in [1.165, 1.54) is 6.08 Å². The fourth-order valence-corrected chi connectivity index (χ4v) is 3.12. The highest BCUT2D eigenvalue weighted by molar-refractivity contribution is 6.40. The van der Waals surface area contributed by atoms with Crippen LogP contribution in [0.15, 0.2) is 52.5 Å². The summed E-state index contributed by atoms with van der Waals surface area (Å²) in [5.74, 6) is 0.123. The molecule has 3 rings (SSSR count). The number of nitrogens with zero attached hydrogens (tertiary/aromatic N) is 1. The third-order valence-electron chi connectivity index (χ3n) is 3.89. The van der Waals surface area contributed by atoms with Crippen LogP contribution in [-0.2, 0) is 11.2 Å². The van der Waals surface area contributed by atoms with Crippen LogP contribution in [0.25, 0.3) is 17.0 Å². The van der Waals surface area contributed by atoms with Gasteiger partial charge in [0.25, 0.3) is 5.91 Å². The molecule has 0 aliphatic heterocycles.